The molecule has 98 valence electrons. The van der Waals surface area contributed by atoms with Crippen LogP contribution >= 0.6 is 0 Å². The lowest BCUT2D eigenvalue weighted by Crippen LogP contribution is -2.43. The van der Waals surface area contributed by atoms with Crippen molar-refractivity contribution in [2.24, 2.45) is 0 Å². The average Bonchev–Trinajstić information content (AvgIpc) is 3.16. The van der Waals surface area contributed by atoms with Crippen molar-refractivity contribution in [3.63, 3.8) is 0 Å². The Hall–Kier alpha value is -1.38. The van der Waals surface area contributed by atoms with E-state index in [2.05, 4.69) is 31.3 Å². The molecule has 3 heteroatoms. The normalized spacial score (nSPS) is 14.8. The van der Waals surface area contributed by atoms with Gasteiger partial charge in [0, 0.05) is 18.2 Å². The fourth-order valence-corrected chi connectivity index (χ4v) is 2.27. The van der Waals surface area contributed by atoms with E-state index in [0.717, 1.165) is 12.8 Å². The van der Waals surface area contributed by atoms with E-state index < -0.39 is 0 Å². The first kappa shape index (κ1) is 13.1. The Morgan fingerprint density at radius 1 is 1.33 bits per heavy atom. The molecule has 1 amide bonds. The molecule has 18 heavy (non-hydrogen) atoms. The van der Waals surface area contributed by atoms with Crippen molar-refractivity contribution in [2.75, 3.05) is 0 Å². The standard InChI is InChI=1S/C15H22N2O/c1-3-12(4-2)13-7-9-17(10-8-13)11-15(18)16-14-5-6-14/h7-10,12,14H,3-6,11H2,1-2H3/p+1. The molecule has 0 aliphatic heterocycles. The summed E-state index contributed by atoms with van der Waals surface area (Å²) in [5.41, 5.74) is 1.37. The number of hydrogen-bond donors (Lipinski definition) is 1. The highest BCUT2D eigenvalue weighted by atomic mass is 16.2. The number of rotatable bonds is 6. The lowest BCUT2D eigenvalue weighted by atomic mass is 9.95. The van der Waals surface area contributed by atoms with Gasteiger partial charge in [0.15, 0.2) is 12.4 Å². The fourth-order valence-electron chi connectivity index (χ4n) is 2.27. The van der Waals surface area contributed by atoms with Crippen molar-refractivity contribution < 1.29 is 9.36 Å². The van der Waals surface area contributed by atoms with E-state index in [1.165, 1.54) is 18.4 Å². The first-order valence-corrected chi connectivity index (χ1v) is 7.01. The molecule has 1 N–H and O–H groups in total. The predicted molar refractivity (Wildman–Crippen MR) is 71.1 cm³/mol. The molecule has 1 aromatic heterocycles. The summed E-state index contributed by atoms with van der Waals surface area (Å²) < 4.78 is 1.95. The van der Waals surface area contributed by atoms with Crippen molar-refractivity contribution in [3.8, 4) is 0 Å². The Kier molecular flexibility index (Phi) is 4.34. The largest absolute Gasteiger partial charge is 0.348 e. The van der Waals surface area contributed by atoms with Crippen LogP contribution < -0.4 is 9.88 Å². The zero-order chi connectivity index (χ0) is 13.0. The smallest absolute Gasteiger partial charge is 0.286 e. The third-order valence-electron chi connectivity index (χ3n) is 3.64. The van der Waals surface area contributed by atoms with Crippen LogP contribution in [0, 0.1) is 0 Å². The van der Waals surface area contributed by atoms with Gasteiger partial charge in [0.1, 0.15) is 0 Å². The molecule has 0 unspecified atom stereocenters. The monoisotopic (exact) mass is 247 g/mol. The van der Waals surface area contributed by atoms with Gasteiger partial charge in [-0.1, -0.05) is 13.8 Å². The molecule has 1 heterocycles. The number of nitrogens with one attached hydrogen (secondary N) is 1. The van der Waals surface area contributed by atoms with Crippen LogP contribution in [0.3, 0.4) is 0 Å². The maximum Gasteiger partial charge on any atom is 0.286 e. The summed E-state index contributed by atoms with van der Waals surface area (Å²) in [7, 11) is 0. The third-order valence-corrected chi connectivity index (χ3v) is 3.64. The van der Waals surface area contributed by atoms with Crippen LogP contribution in [0.4, 0.5) is 0 Å². The minimum Gasteiger partial charge on any atom is -0.348 e. The molecule has 0 radical (unpaired) electrons. The van der Waals surface area contributed by atoms with E-state index >= 15 is 0 Å². The van der Waals surface area contributed by atoms with Crippen molar-refractivity contribution >= 4 is 5.91 Å². The quantitative estimate of drug-likeness (QED) is 0.768. The predicted octanol–water partition coefficient (Wildman–Crippen LogP) is 2.16. The summed E-state index contributed by atoms with van der Waals surface area (Å²) in [5, 5.41) is 3.00. The highest BCUT2D eigenvalue weighted by Gasteiger charge is 2.24. The van der Waals surface area contributed by atoms with Gasteiger partial charge in [-0.2, -0.15) is 4.57 Å². The lowest BCUT2D eigenvalue weighted by molar-refractivity contribution is -0.684. The summed E-state index contributed by atoms with van der Waals surface area (Å²) in [6.07, 6.45) is 8.65. The Labute approximate surface area is 109 Å². The van der Waals surface area contributed by atoms with Gasteiger partial charge in [0.05, 0.1) is 0 Å². The highest BCUT2D eigenvalue weighted by Crippen LogP contribution is 2.21. The third kappa shape index (κ3) is 3.56. The molecule has 2 rings (SSSR count). The van der Waals surface area contributed by atoms with Gasteiger partial charge in [-0.15, -0.1) is 0 Å². The van der Waals surface area contributed by atoms with E-state index in [9.17, 15) is 4.79 Å². The van der Waals surface area contributed by atoms with Crippen LogP contribution in [0.1, 0.15) is 51.0 Å². The number of pyridine rings is 1. The molecule has 0 atom stereocenters. The van der Waals surface area contributed by atoms with Crippen LogP contribution in [0.5, 0.6) is 0 Å². The minimum absolute atomic E-state index is 0.123. The molecular formula is C15H23N2O+. The molecule has 1 aliphatic rings. The van der Waals surface area contributed by atoms with E-state index in [-0.39, 0.29) is 5.91 Å². The fraction of sp³-hybridized carbons (Fsp3) is 0.600. The second-order valence-corrected chi connectivity index (χ2v) is 5.16. The number of aromatic nitrogens is 1. The van der Waals surface area contributed by atoms with Crippen molar-refractivity contribution in [1.82, 2.24) is 5.32 Å². The van der Waals surface area contributed by atoms with Gasteiger partial charge in [-0.25, -0.2) is 0 Å². The van der Waals surface area contributed by atoms with Gasteiger partial charge in [0.2, 0.25) is 6.54 Å². The Balaban J connectivity index is 1.91. The zero-order valence-electron chi connectivity index (χ0n) is 11.4. The topological polar surface area (TPSA) is 33.0 Å². The molecule has 1 aliphatic carbocycles. The number of nitrogens with zero attached hydrogens (tertiary/aromatic N) is 1. The maximum absolute atomic E-state index is 11.7. The minimum atomic E-state index is 0.123. The molecule has 1 fully saturated rings. The highest BCUT2D eigenvalue weighted by molar-refractivity contribution is 5.75. The van der Waals surface area contributed by atoms with Crippen molar-refractivity contribution in [1.29, 1.82) is 0 Å². The first-order chi connectivity index (χ1) is 8.72. The molecule has 3 nitrogen and oxygen atoms in total. The van der Waals surface area contributed by atoms with Gasteiger partial charge in [-0.05, 0) is 37.2 Å². The van der Waals surface area contributed by atoms with E-state index in [1.54, 1.807) is 0 Å². The van der Waals surface area contributed by atoms with Gasteiger partial charge in [0.25, 0.3) is 5.91 Å². The molecule has 1 aromatic rings. The summed E-state index contributed by atoms with van der Waals surface area (Å²) in [6, 6.07) is 4.73. The second-order valence-electron chi connectivity index (χ2n) is 5.16. The van der Waals surface area contributed by atoms with Crippen molar-refractivity contribution in [2.45, 2.75) is 58.0 Å². The number of amides is 1. The van der Waals surface area contributed by atoms with Gasteiger partial charge >= 0.3 is 0 Å². The summed E-state index contributed by atoms with van der Waals surface area (Å²) in [4.78, 5) is 11.7. The second kappa shape index (κ2) is 5.98. The lowest BCUT2D eigenvalue weighted by Gasteiger charge is -2.11. The number of hydrogen-bond acceptors (Lipinski definition) is 1. The molecule has 0 saturated heterocycles. The number of carbonyl (C=O) groups excluding carboxylic acids is 1. The van der Waals surface area contributed by atoms with E-state index in [0.29, 0.717) is 18.5 Å². The van der Waals surface area contributed by atoms with Crippen molar-refractivity contribution in [3.05, 3.63) is 30.1 Å². The SMILES string of the molecule is CCC(CC)c1cc[n+](CC(=O)NC2CC2)cc1. The maximum atomic E-state index is 11.7. The summed E-state index contributed by atoms with van der Waals surface area (Å²) >= 11 is 0. The summed E-state index contributed by atoms with van der Waals surface area (Å²) in [5.74, 6) is 0.762. The van der Waals surface area contributed by atoms with Crippen LogP contribution in [0.25, 0.3) is 0 Å². The number of carbonyl (C=O) groups is 1. The Morgan fingerprint density at radius 3 is 2.44 bits per heavy atom. The van der Waals surface area contributed by atoms with E-state index in [4.69, 9.17) is 0 Å². The van der Waals surface area contributed by atoms with Crippen LogP contribution in [0.2, 0.25) is 0 Å². The van der Waals surface area contributed by atoms with Gasteiger partial charge < -0.3 is 5.32 Å². The van der Waals surface area contributed by atoms with Crippen LogP contribution in [-0.4, -0.2) is 11.9 Å². The molecule has 0 aromatic carbocycles. The summed E-state index contributed by atoms with van der Waals surface area (Å²) in [6.45, 7) is 4.87. The average molecular weight is 247 g/mol. The van der Waals surface area contributed by atoms with Gasteiger partial charge in [-0.3, -0.25) is 4.79 Å². The molecular weight excluding hydrogens is 224 g/mol. The van der Waals surface area contributed by atoms with E-state index in [1.807, 2.05) is 17.0 Å². The van der Waals surface area contributed by atoms with Crippen LogP contribution in [-0.2, 0) is 11.3 Å². The zero-order valence-corrected chi connectivity index (χ0v) is 11.4. The molecule has 0 bridgehead atoms. The molecule has 0 spiro atoms. The molecule has 1 saturated carbocycles. The van der Waals surface area contributed by atoms with Crippen LogP contribution in [0.15, 0.2) is 24.5 Å². The Morgan fingerprint density at radius 2 is 1.94 bits per heavy atom. The Bertz CT molecular complexity index is 391. The first-order valence-electron chi connectivity index (χ1n) is 7.01.